The van der Waals surface area contributed by atoms with Gasteiger partial charge >= 0.3 is 0 Å². The summed E-state index contributed by atoms with van der Waals surface area (Å²) in [7, 11) is 1.79. The summed E-state index contributed by atoms with van der Waals surface area (Å²) in [4.78, 5) is 2.56. The number of rotatable bonds is 6. The molecule has 1 aromatic heterocycles. The molecule has 1 aliphatic rings. The molecule has 0 amide bonds. The molecule has 1 atom stereocenters. The molecule has 1 unspecified atom stereocenters. The van der Waals surface area contributed by atoms with Gasteiger partial charge in [0.05, 0.1) is 6.61 Å². The van der Waals surface area contributed by atoms with E-state index in [1.807, 2.05) is 0 Å². The largest absolute Gasteiger partial charge is 0.380 e. The molecule has 0 saturated heterocycles. The molecule has 2 aromatic carbocycles. The van der Waals surface area contributed by atoms with Crippen LogP contribution in [0.15, 0.2) is 66.9 Å². The van der Waals surface area contributed by atoms with E-state index in [-0.39, 0.29) is 0 Å². The number of aromatic nitrogens is 1. The first kappa shape index (κ1) is 18.0. The molecule has 0 N–H and O–H groups in total. The van der Waals surface area contributed by atoms with Crippen LogP contribution < -0.4 is 0 Å². The van der Waals surface area contributed by atoms with Gasteiger partial charge in [0.1, 0.15) is 0 Å². The van der Waals surface area contributed by atoms with E-state index >= 15 is 0 Å². The van der Waals surface area contributed by atoms with Gasteiger partial charge in [0.25, 0.3) is 0 Å². The molecular weight excluding hydrogens is 332 g/mol. The predicted molar refractivity (Wildman–Crippen MR) is 110 cm³/mol. The Morgan fingerprint density at radius 3 is 2.19 bits per heavy atom. The molecule has 0 bridgehead atoms. The van der Waals surface area contributed by atoms with Crippen molar-refractivity contribution >= 4 is 0 Å². The van der Waals surface area contributed by atoms with Crippen LogP contribution in [0, 0.1) is 0 Å². The van der Waals surface area contributed by atoms with E-state index in [1.165, 1.54) is 27.9 Å². The van der Waals surface area contributed by atoms with Gasteiger partial charge in [-0.2, -0.15) is 0 Å². The fourth-order valence-corrected chi connectivity index (χ4v) is 4.35. The van der Waals surface area contributed by atoms with Crippen molar-refractivity contribution in [2.75, 3.05) is 13.7 Å². The standard InChI is InChI=1S/C24H28N2O/c1-19-13-25(14-20-9-5-3-6-10-20)17-23-22(18-27-2)16-26(24(19)23)15-21-11-7-4-8-12-21/h3-12,16,19H,13-15,17-18H2,1-2H3. The molecule has 0 aliphatic carbocycles. The molecule has 3 heteroatoms. The smallest absolute Gasteiger partial charge is 0.0731 e. The van der Waals surface area contributed by atoms with Gasteiger partial charge in [-0.05, 0) is 16.7 Å². The van der Waals surface area contributed by atoms with Gasteiger partial charge in [-0.3, -0.25) is 4.90 Å². The Morgan fingerprint density at radius 1 is 0.926 bits per heavy atom. The van der Waals surface area contributed by atoms with Gasteiger partial charge in [-0.15, -0.1) is 0 Å². The first-order chi connectivity index (χ1) is 13.2. The van der Waals surface area contributed by atoms with E-state index in [9.17, 15) is 0 Å². The Balaban J connectivity index is 1.62. The van der Waals surface area contributed by atoms with Crippen molar-refractivity contribution in [1.82, 2.24) is 9.47 Å². The van der Waals surface area contributed by atoms with Crippen molar-refractivity contribution in [2.45, 2.75) is 39.1 Å². The lowest BCUT2D eigenvalue weighted by Gasteiger charge is -2.33. The van der Waals surface area contributed by atoms with Gasteiger partial charge in [-0.1, -0.05) is 67.6 Å². The zero-order valence-corrected chi connectivity index (χ0v) is 16.3. The van der Waals surface area contributed by atoms with Crippen molar-refractivity contribution in [3.05, 3.63) is 94.8 Å². The lowest BCUT2D eigenvalue weighted by molar-refractivity contribution is 0.179. The van der Waals surface area contributed by atoms with Gasteiger partial charge < -0.3 is 9.30 Å². The summed E-state index contributed by atoms with van der Waals surface area (Å²) in [5.41, 5.74) is 6.99. The second-order valence-electron chi connectivity index (χ2n) is 7.62. The van der Waals surface area contributed by atoms with E-state index < -0.39 is 0 Å². The maximum atomic E-state index is 5.51. The summed E-state index contributed by atoms with van der Waals surface area (Å²) in [6.07, 6.45) is 2.31. The normalized spacial score (nSPS) is 17.0. The Labute approximate surface area is 162 Å². The van der Waals surface area contributed by atoms with Crippen LogP contribution in [0.2, 0.25) is 0 Å². The van der Waals surface area contributed by atoms with Crippen molar-refractivity contribution < 1.29 is 4.74 Å². The molecule has 3 aromatic rings. The van der Waals surface area contributed by atoms with Crippen LogP contribution in [0.5, 0.6) is 0 Å². The molecular formula is C24H28N2O. The summed E-state index contributed by atoms with van der Waals surface area (Å²) in [6.45, 7) is 7.04. The second kappa shape index (κ2) is 8.12. The highest BCUT2D eigenvalue weighted by molar-refractivity contribution is 5.37. The van der Waals surface area contributed by atoms with Gasteiger partial charge in [0, 0.05) is 56.7 Å². The SMILES string of the molecule is COCc1cn(Cc2ccccc2)c2c1CN(Cc1ccccc1)CC2C. The Hall–Kier alpha value is -2.36. The van der Waals surface area contributed by atoms with Crippen LogP contribution in [-0.4, -0.2) is 23.1 Å². The molecule has 1 aliphatic heterocycles. The van der Waals surface area contributed by atoms with Crippen LogP contribution in [0.3, 0.4) is 0 Å². The maximum absolute atomic E-state index is 5.51. The van der Waals surface area contributed by atoms with Crippen LogP contribution in [0.25, 0.3) is 0 Å². The average molecular weight is 361 g/mol. The van der Waals surface area contributed by atoms with E-state index in [4.69, 9.17) is 4.74 Å². The number of nitrogens with zero attached hydrogens (tertiary/aromatic N) is 2. The van der Waals surface area contributed by atoms with E-state index in [1.54, 1.807) is 7.11 Å². The zero-order chi connectivity index (χ0) is 18.6. The monoisotopic (exact) mass is 360 g/mol. The third-order valence-corrected chi connectivity index (χ3v) is 5.44. The zero-order valence-electron chi connectivity index (χ0n) is 16.3. The maximum Gasteiger partial charge on any atom is 0.0731 e. The third-order valence-electron chi connectivity index (χ3n) is 5.44. The lowest BCUT2D eigenvalue weighted by Crippen LogP contribution is -2.33. The van der Waals surface area contributed by atoms with Crippen molar-refractivity contribution in [3.8, 4) is 0 Å². The van der Waals surface area contributed by atoms with Crippen LogP contribution in [0.4, 0.5) is 0 Å². The number of benzene rings is 2. The average Bonchev–Trinajstić information content (AvgIpc) is 3.01. The molecule has 2 heterocycles. The predicted octanol–water partition coefficient (Wildman–Crippen LogP) is 4.80. The Morgan fingerprint density at radius 2 is 1.56 bits per heavy atom. The lowest BCUT2D eigenvalue weighted by atomic mass is 9.95. The van der Waals surface area contributed by atoms with Gasteiger partial charge in [0.15, 0.2) is 0 Å². The fraction of sp³-hybridized carbons (Fsp3) is 0.333. The molecule has 0 saturated carbocycles. The first-order valence-electron chi connectivity index (χ1n) is 9.74. The third kappa shape index (κ3) is 4.00. The molecule has 0 spiro atoms. The summed E-state index contributed by atoms with van der Waals surface area (Å²) < 4.78 is 7.96. The number of hydrogen-bond donors (Lipinski definition) is 0. The minimum atomic E-state index is 0.506. The summed E-state index contributed by atoms with van der Waals surface area (Å²) in [6, 6.07) is 21.5. The number of fused-ring (bicyclic) bond motifs is 1. The molecule has 3 nitrogen and oxygen atoms in total. The van der Waals surface area contributed by atoms with E-state index in [2.05, 4.69) is 83.3 Å². The highest BCUT2D eigenvalue weighted by Crippen LogP contribution is 2.33. The van der Waals surface area contributed by atoms with E-state index in [0.29, 0.717) is 12.5 Å². The summed E-state index contributed by atoms with van der Waals surface area (Å²) >= 11 is 0. The molecule has 4 rings (SSSR count). The highest BCUT2D eigenvalue weighted by atomic mass is 16.5. The fourth-order valence-electron chi connectivity index (χ4n) is 4.35. The number of ether oxygens (including phenoxy) is 1. The van der Waals surface area contributed by atoms with Crippen LogP contribution in [0.1, 0.15) is 40.8 Å². The van der Waals surface area contributed by atoms with Crippen molar-refractivity contribution in [2.24, 2.45) is 0 Å². The summed E-state index contributed by atoms with van der Waals surface area (Å²) in [5.74, 6) is 0.506. The molecule has 27 heavy (non-hydrogen) atoms. The number of methoxy groups -OCH3 is 1. The van der Waals surface area contributed by atoms with E-state index in [0.717, 1.165) is 26.2 Å². The minimum Gasteiger partial charge on any atom is -0.380 e. The molecule has 0 radical (unpaired) electrons. The van der Waals surface area contributed by atoms with Gasteiger partial charge in [-0.25, -0.2) is 0 Å². The molecule has 0 fully saturated rings. The summed E-state index contributed by atoms with van der Waals surface area (Å²) in [5, 5.41) is 0. The molecule has 140 valence electrons. The quantitative estimate of drug-likeness (QED) is 0.628. The van der Waals surface area contributed by atoms with Crippen LogP contribution >= 0.6 is 0 Å². The minimum absolute atomic E-state index is 0.506. The van der Waals surface area contributed by atoms with Crippen molar-refractivity contribution in [3.63, 3.8) is 0 Å². The van der Waals surface area contributed by atoms with Crippen LogP contribution in [-0.2, 0) is 31.0 Å². The first-order valence-corrected chi connectivity index (χ1v) is 9.74. The number of hydrogen-bond acceptors (Lipinski definition) is 2. The van der Waals surface area contributed by atoms with Crippen molar-refractivity contribution in [1.29, 1.82) is 0 Å². The Bertz CT molecular complexity index is 870. The Kier molecular flexibility index (Phi) is 5.42. The van der Waals surface area contributed by atoms with Gasteiger partial charge in [0.2, 0.25) is 0 Å². The topological polar surface area (TPSA) is 17.4 Å². The second-order valence-corrected chi connectivity index (χ2v) is 7.62. The highest BCUT2D eigenvalue weighted by Gasteiger charge is 2.28.